The molecule has 5 nitrogen and oxygen atoms in total. The Kier molecular flexibility index (Phi) is 5.60. The second-order valence-corrected chi connectivity index (χ2v) is 8.35. The molecule has 2 heterocycles. The number of nitrogens with one attached hydrogen (secondary N) is 1. The number of para-hydroxylation sites is 3. The molecule has 0 saturated carbocycles. The topological polar surface area (TPSA) is 47.1 Å². The predicted molar refractivity (Wildman–Crippen MR) is 134 cm³/mol. The number of anilines is 1. The van der Waals surface area contributed by atoms with E-state index in [-0.39, 0.29) is 0 Å². The standard InChI is InChI=1S/C25H21Cl2N5/c1-2-32-24-10-6-4-8-22(24)29-25(32)30-28-14-18-16-31(23-9-5-3-7-20(18)23)15-17-11-12-19(26)13-21(17)27/h3-14,16H,2,15H2,1H3,(H,29,30)/b28-14-. The summed E-state index contributed by atoms with van der Waals surface area (Å²) in [6.45, 7) is 3.54. The summed E-state index contributed by atoms with van der Waals surface area (Å²) in [5.74, 6) is 0.724. The van der Waals surface area contributed by atoms with Gasteiger partial charge in [-0.15, -0.1) is 0 Å². The summed E-state index contributed by atoms with van der Waals surface area (Å²) in [7, 11) is 0. The van der Waals surface area contributed by atoms with Gasteiger partial charge in [0.1, 0.15) is 0 Å². The van der Waals surface area contributed by atoms with Crippen LogP contribution in [-0.2, 0) is 13.1 Å². The first-order chi connectivity index (χ1) is 15.6. The molecule has 5 rings (SSSR count). The van der Waals surface area contributed by atoms with Crippen LogP contribution in [0.1, 0.15) is 18.1 Å². The summed E-state index contributed by atoms with van der Waals surface area (Å²) in [5, 5.41) is 6.91. The Labute approximate surface area is 195 Å². The van der Waals surface area contributed by atoms with E-state index in [1.165, 1.54) is 0 Å². The molecular formula is C25H21Cl2N5. The summed E-state index contributed by atoms with van der Waals surface area (Å²) < 4.78 is 4.28. The van der Waals surface area contributed by atoms with Crippen LogP contribution in [0.2, 0.25) is 10.0 Å². The highest BCUT2D eigenvalue weighted by molar-refractivity contribution is 6.35. The highest BCUT2D eigenvalue weighted by Crippen LogP contribution is 2.26. The molecule has 1 N–H and O–H groups in total. The third-order valence-corrected chi connectivity index (χ3v) is 6.10. The van der Waals surface area contributed by atoms with Crippen molar-refractivity contribution < 1.29 is 0 Å². The maximum atomic E-state index is 6.41. The fourth-order valence-electron chi connectivity index (χ4n) is 3.98. The second-order valence-electron chi connectivity index (χ2n) is 7.50. The Morgan fingerprint density at radius 3 is 2.59 bits per heavy atom. The number of aromatic nitrogens is 3. The Hall–Kier alpha value is -3.28. The minimum Gasteiger partial charge on any atom is -0.342 e. The Bertz CT molecular complexity index is 1450. The molecule has 0 saturated heterocycles. The Morgan fingerprint density at radius 2 is 1.78 bits per heavy atom. The first-order valence-electron chi connectivity index (χ1n) is 10.4. The van der Waals surface area contributed by atoms with E-state index in [9.17, 15) is 0 Å². The van der Waals surface area contributed by atoms with E-state index in [1.807, 2.05) is 48.7 Å². The molecule has 0 atom stereocenters. The minimum absolute atomic E-state index is 0.633. The third-order valence-electron chi connectivity index (χ3n) is 5.51. The highest BCUT2D eigenvalue weighted by atomic mass is 35.5. The molecule has 0 radical (unpaired) electrons. The molecule has 0 spiro atoms. The summed E-state index contributed by atoms with van der Waals surface area (Å²) >= 11 is 12.5. The van der Waals surface area contributed by atoms with Crippen LogP contribution in [0.4, 0.5) is 5.95 Å². The highest BCUT2D eigenvalue weighted by Gasteiger charge is 2.10. The van der Waals surface area contributed by atoms with Crippen LogP contribution in [-0.4, -0.2) is 20.3 Å². The van der Waals surface area contributed by atoms with Crippen molar-refractivity contribution in [1.29, 1.82) is 0 Å². The monoisotopic (exact) mass is 461 g/mol. The van der Waals surface area contributed by atoms with Crippen molar-refractivity contribution in [2.75, 3.05) is 5.43 Å². The molecule has 2 aromatic heterocycles. The lowest BCUT2D eigenvalue weighted by atomic mass is 10.2. The smallest absolute Gasteiger partial charge is 0.224 e. The summed E-state index contributed by atoms with van der Waals surface area (Å²) in [6.07, 6.45) is 3.92. The van der Waals surface area contributed by atoms with E-state index < -0.39 is 0 Å². The van der Waals surface area contributed by atoms with Gasteiger partial charge in [0.2, 0.25) is 5.95 Å². The number of benzene rings is 3. The Balaban J connectivity index is 1.45. The van der Waals surface area contributed by atoms with Gasteiger partial charge in [-0.3, -0.25) is 0 Å². The lowest BCUT2D eigenvalue weighted by Gasteiger charge is -2.08. The van der Waals surface area contributed by atoms with E-state index in [1.54, 1.807) is 6.07 Å². The van der Waals surface area contributed by atoms with Gasteiger partial charge in [-0.2, -0.15) is 5.10 Å². The quantitative estimate of drug-likeness (QED) is 0.223. The van der Waals surface area contributed by atoms with Crippen LogP contribution in [0.15, 0.2) is 78.0 Å². The Morgan fingerprint density at radius 1 is 1.00 bits per heavy atom. The van der Waals surface area contributed by atoms with Crippen molar-refractivity contribution in [3.05, 3.63) is 94.1 Å². The van der Waals surface area contributed by atoms with Crippen molar-refractivity contribution in [2.24, 2.45) is 5.10 Å². The van der Waals surface area contributed by atoms with E-state index in [4.69, 9.17) is 23.2 Å². The fourth-order valence-corrected chi connectivity index (χ4v) is 4.45. The van der Waals surface area contributed by atoms with Gasteiger partial charge < -0.3 is 9.13 Å². The van der Waals surface area contributed by atoms with Crippen LogP contribution in [0.5, 0.6) is 0 Å². The molecule has 0 aliphatic carbocycles. The molecule has 7 heteroatoms. The maximum Gasteiger partial charge on any atom is 0.224 e. The number of imidazole rings is 1. The van der Waals surface area contributed by atoms with Crippen LogP contribution in [0, 0.1) is 0 Å². The van der Waals surface area contributed by atoms with Gasteiger partial charge in [0.05, 0.1) is 17.2 Å². The first kappa shape index (κ1) is 20.6. The van der Waals surface area contributed by atoms with Crippen LogP contribution in [0.3, 0.4) is 0 Å². The normalized spacial score (nSPS) is 11.7. The average molecular weight is 462 g/mol. The van der Waals surface area contributed by atoms with E-state index >= 15 is 0 Å². The summed E-state index contributed by atoms with van der Waals surface area (Å²) in [5.41, 5.74) is 8.28. The fraction of sp³-hybridized carbons (Fsp3) is 0.120. The van der Waals surface area contributed by atoms with Crippen LogP contribution < -0.4 is 5.43 Å². The van der Waals surface area contributed by atoms with Crippen molar-refractivity contribution in [3.63, 3.8) is 0 Å². The molecule has 32 heavy (non-hydrogen) atoms. The molecule has 160 valence electrons. The molecule has 0 amide bonds. The SMILES string of the molecule is CCn1c(N/N=C\c2cn(Cc3ccc(Cl)cc3Cl)c3ccccc23)nc2ccccc21. The van der Waals surface area contributed by atoms with Gasteiger partial charge in [0.25, 0.3) is 0 Å². The van der Waals surface area contributed by atoms with E-state index in [0.29, 0.717) is 16.6 Å². The van der Waals surface area contributed by atoms with E-state index in [2.05, 4.69) is 56.0 Å². The second kappa shape index (κ2) is 8.69. The lowest BCUT2D eigenvalue weighted by Crippen LogP contribution is -2.01. The molecule has 0 aliphatic rings. The van der Waals surface area contributed by atoms with Crippen molar-refractivity contribution in [3.8, 4) is 0 Å². The molecular weight excluding hydrogens is 441 g/mol. The number of rotatable bonds is 6. The summed E-state index contributed by atoms with van der Waals surface area (Å²) in [4.78, 5) is 4.66. The number of fused-ring (bicyclic) bond motifs is 2. The van der Waals surface area contributed by atoms with Gasteiger partial charge in [-0.05, 0) is 42.8 Å². The molecule has 0 bridgehead atoms. The van der Waals surface area contributed by atoms with Gasteiger partial charge >= 0.3 is 0 Å². The van der Waals surface area contributed by atoms with Crippen molar-refractivity contribution in [1.82, 2.24) is 14.1 Å². The molecule has 0 fully saturated rings. The van der Waals surface area contributed by atoms with E-state index in [0.717, 1.165) is 45.6 Å². The summed E-state index contributed by atoms with van der Waals surface area (Å²) in [6, 6.07) is 21.9. The van der Waals surface area contributed by atoms with Crippen molar-refractivity contribution in [2.45, 2.75) is 20.0 Å². The van der Waals surface area contributed by atoms with Crippen LogP contribution in [0.25, 0.3) is 21.9 Å². The van der Waals surface area contributed by atoms with Crippen LogP contribution >= 0.6 is 23.2 Å². The zero-order chi connectivity index (χ0) is 22.1. The molecule has 3 aromatic carbocycles. The number of hydrogen-bond donors (Lipinski definition) is 1. The largest absolute Gasteiger partial charge is 0.342 e. The third kappa shape index (κ3) is 3.85. The minimum atomic E-state index is 0.633. The molecule has 5 aromatic rings. The first-order valence-corrected chi connectivity index (χ1v) is 11.2. The number of aryl methyl sites for hydroxylation is 1. The predicted octanol–water partition coefficient (Wildman–Crippen LogP) is 6.81. The van der Waals surface area contributed by atoms with Gasteiger partial charge in [-0.1, -0.05) is 59.6 Å². The van der Waals surface area contributed by atoms with Gasteiger partial charge in [0.15, 0.2) is 0 Å². The zero-order valence-corrected chi connectivity index (χ0v) is 19.0. The zero-order valence-electron chi connectivity index (χ0n) is 17.5. The number of hydrogen-bond acceptors (Lipinski definition) is 3. The average Bonchev–Trinajstić information content (AvgIpc) is 3.33. The van der Waals surface area contributed by atoms with Gasteiger partial charge in [-0.25, -0.2) is 10.4 Å². The van der Waals surface area contributed by atoms with Crippen molar-refractivity contribution >= 4 is 57.3 Å². The molecule has 0 aliphatic heterocycles. The number of hydrazone groups is 1. The number of halogens is 2. The lowest BCUT2D eigenvalue weighted by molar-refractivity contribution is 0.791. The maximum absolute atomic E-state index is 6.41. The molecule has 0 unspecified atom stereocenters. The van der Waals surface area contributed by atoms with Gasteiger partial charge in [0, 0.05) is 45.8 Å². The number of nitrogens with zero attached hydrogens (tertiary/aromatic N) is 4.